The van der Waals surface area contributed by atoms with Crippen LogP contribution in [-0.2, 0) is 12.8 Å². The van der Waals surface area contributed by atoms with Gasteiger partial charge in [0.25, 0.3) is 0 Å². The first-order valence-corrected chi connectivity index (χ1v) is 8.41. The summed E-state index contributed by atoms with van der Waals surface area (Å²) in [4.78, 5) is 0. The predicted molar refractivity (Wildman–Crippen MR) is 86.0 cm³/mol. The molecule has 2 unspecified atom stereocenters. The van der Waals surface area contributed by atoms with Gasteiger partial charge in [-0.2, -0.15) is 0 Å². The van der Waals surface area contributed by atoms with Crippen molar-refractivity contribution in [2.75, 3.05) is 7.05 Å². The van der Waals surface area contributed by atoms with Crippen LogP contribution >= 0.6 is 0 Å². The summed E-state index contributed by atoms with van der Waals surface area (Å²) in [6.45, 7) is 4.93. The van der Waals surface area contributed by atoms with Gasteiger partial charge < -0.3 is 5.32 Å². The Morgan fingerprint density at radius 3 is 2.65 bits per heavy atom. The third-order valence-electron chi connectivity index (χ3n) is 5.79. The van der Waals surface area contributed by atoms with E-state index < -0.39 is 0 Å². The van der Waals surface area contributed by atoms with E-state index in [1.54, 1.807) is 11.1 Å². The zero-order valence-electron chi connectivity index (χ0n) is 13.3. The minimum absolute atomic E-state index is 0.463. The molecule has 1 heteroatoms. The molecule has 0 saturated heterocycles. The Balaban J connectivity index is 1.89. The fourth-order valence-electron chi connectivity index (χ4n) is 4.52. The molecule has 0 aromatic heterocycles. The molecule has 1 saturated carbocycles. The van der Waals surface area contributed by atoms with Gasteiger partial charge in [-0.25, -0.2) is 0 Å². The van der Waals surface area contributed by atoms with Crippen molar-refractivity contribution in [1.82, 2.24) is 5.32 Å². The zero-order valence-corrected chi connectivity index (χ0v) is 13.3. The number of nitrogens with one attached hydrogen (secondary N) is 1. The highest BCUT2D eigenvalue weighted by Gasteiger charge is 2.37. The summed E-state index contributed by atoms with van der Waals surface area (Å²) >= 11 is 0. The van der Waals surface area contributed by atoms with E-state index in [9.17, 15) is 0 Å². The van der Waals surface area contributed by atoms with Crippen LogP contribution in [0.2, 0.25) is 0 Å². The number of rotatable bonds is 3. The van der Waals surface area contributed by atoms with E-state index in [-0.39, 0.29) is 0 Å². The quantitative estimate of drug-likeness (QED) is 0.843. The van der Waals surface area contributed by atoms with Crippen LogP contribution in [0.5, 0.6) is 0 Å². The second-order valence-corrected chi connectivity index (χ2v) is 7.49. The lowest BCUT2D eigenvalue weighted by Crippen LogP contribution is -2.37. The second-order valence-electron chi connectivity index (χ2n) is 7.49. The highest BCUT2D eigenvalue weighted by atomic mass is 14.9. The lowest BCUT2D eigenvalue weighted by Gasteiger charge is -2.43. The molecule has 0 radical (unpaired) electrons. The minimum atomic E-state index is 0.463. The lowest BCUT2D eigenvalue weighted by atomic mass is 9.64. The lowest BCUT2D eigenvalue weighted by molar-refractivity contribution is 0.101. The number of fused-ring (bicyclic) bond motifs is 1. The van der Waals surface area contributed by atoms with Crippen molar-refractivity contribution in [1.29, 1.82) is 0 Å². The van der Waals surface area contributed by atoms with Gasteiger partial charge in [0.15, 0.2) is 0 Å². The van der Waals surface area contributed by atoms with Crippen molar-refractivity contribution in [3.05, 3.63) is 34.9 Å². The molecule has 0 amide bonds. The van der Waals surface area contributed by atoms with E-state index in [0.717, 1.165) is 5.92 Å². The predicted octanol–water partition coefficient (Wildman–Crippen LogP) is 4.65. The highest BCUT2D eigenvalue weighted by molar-refractivity contribution is 5.37. The topological polar surface area (TPSA) is 12.0 Å². The number of hydrogen-bond acceptors (Lipinski definition) is 1. The van der Waals surface area contributed by atoms with Gasteiger partial charge in [0.2, 0.25) is 0 Å². The Hall–Kier alpha value is -0.820. The van der Waals surface area contributed by atoms with E-state index in [2.05, 4.69) is 44.4 Å². The standard InChI is InChI=1S/C19H29N/c1-19(2)12-5-4-9-17(19)18(20-3)16-11-10-14-7-6-8-15(14)13-16/h10-11,13,17-18,20H,4-9,12H2,1-3H3. The van der Waals surface area contributed by atoms with Crippen LogP contribution < -0.4 is 5.32 Å². The first-order valence-electron chi connectivity index (χ1n) is 8.41. The highest BCUT2D eigenvalue weighted by Crippen LogP contribution is 2.47. The van der Waals surface area contributed by atoms with Crippen molar-refractivity contribution in [3.63, 3.8) is 0 Å². The maximum Gasteiger partial charge on any atom is 0.0351 e. The molecule has 110 valence electrons. The van der Waals surface area contributed by atoms with Gasteiger partial charge in [-0.3, -0.25) is 0 Å². The largest absolute Gasteiger partial charge is 0.313 e. The van der Waals surface area contributed by atoms with Gasteiger partial charge in [0.05, 0.1) is 0 Å². The SMILES string of the molecule is CNC(c1ccc2c(c1)CCC2)C1CCCCC1(C)C. The van der Waals surface area contributed by atoms with Gasteiger partial charge in [-0.15, -0.1) is 0 Å². The third-order valence-corrected chi connectivity index (χ3v) is 5.79. The van der Waals surface area contributed by atoms with Gasteiger partial charge >= 0.3 is 0 Å². The molecule has 3 rings (SSSR count). The van der Waals surface area contributed by atoms with E-state index >= 15 is 0 Å². The summed E-state index contributed by atoms with van der Waals surface area (Å²) < 4.78 is 0. The van der Waals surface area contributed by atoms with E-state index in [1.165, 1.54) is 50.5 Å². The van der Waals surface area contributed by atoms with E-state index in [0.29, 0.717) is 11.5 Å². The number of benzene rings is 1. The van der Waals surface area contributed by atoms with Crippen LogP contribution in [-0.4, -0.2) is 7.05 Å². The summed E-state index contributed by atoms with van der Waals surface area (Å²) in [6.07, 6.45) is 9.47. The van der Waals surface area contributed by atoms with Crippen LogP contribution in [0.25, 0.3) is 0 Å². The van der Waals surface area contributed by atoms with Crippen molar-refractivity contribution < 1.29 is 0 Å². The summed E-state index contributed by atoms with van der Waals surface area (Å²) in [7, 11) is 2.14. The molecular weight excluding hydrogens is 242 g/mol. The summed E-state index contributed by atoms with van der Waals surface area (Å²) in [5.41, 5.74) is 5.18. The molecule has 2 atom stereocenters. The van der Waals surface area contributed by atoms with E-state index in [1.807, 2.05) is 0 Å². The maximum absolute atomic E-state index is 3.63. The molecule has 1 nitrogen and oxygen atoms in total. The summed E-state index contributed by atoms with van der Waals surface area (Å²) in [5.74, 6) is 0.765. The Morgan fingerprint density at radius 2 is 1.90 bits per heavy atom. The normalized spacial score (nSPS) is 26.2. The first kappa shape index (κ1) is 14.1. The Kier molecular flexibility index (Phi) is 3.90. The molecule has 1 aromatic rings. The van der Waals surface area contributed by atoms with Crippen molar-refractivity contribution in [2.24, 2.45) is 11.3 Å². The molecule has 0 bridgehead atoms. The van der Waals surface area contributed by atoms with Gasteiger partial charge in [-0.05, 0) is 67.2 Å². The molecule has 1 N–H and O–H groups in total. The van der Waals surface area contributed by atoms with Crippen LogP contribution in [0.4, 0.5) is 0 Å². The van der Waals surface area contributed by atoms with Crippen molar-refractivity contribution in [3.8, 4) is 0 Å². The fourth-order valence-corrected chi connectivity index (χ4v) is 4.52. The monoisotopic (exact) mass is 271 g/mol. The van der Waals surface area contributed by atoms with Crippen LogP contribution in [0, 0.1) is 11.3 Å². The molecular formula is C19H29N. The zero-order chi connectivity index (χ0) is 14.2. The Morgan fingerprint density at radius 1 is 1.10 bits per heavy atom. The number of hydrogen-bond donors (Lipinski definition) is 1. The molecule has 20 heavy (non-hydrogen) atoms. The Labute approximate surface area is 124 Å². The van der Waals surface area contributed by atoms with Crippen molar-refractivity contribution in [2.45, 2.75) is 64.8 Å². The summed E-state index contributed by atoms with van der Waals surface area (Å²) in [5, 5.41) is 3.63. The number of aryl methyl sites for hydroxylation is 2. The smallest absolute Gasteiger partial charge is 0.0351 e. The second kappa shape index (κ2) is 5.52. The molecule has 0 spiro atoms. The third kappa shape index (κ3) is 2.53. The van der Waals surface area contributed by atoms with Gasteiger partial charge in [0.1, 0.15) is 0 Å². The Bertz CT molecular complexity index is 475. The minimum Gasteiger partial charge on any atom is -0.313 e. The first-order chi connectivity index (χ1) is 9.62. The molecule has 0 heterocycles. The average Bonchev–Trinajstić information content (AvgIpc) is 2.89. The molecule has 1 aromatic carbocycles. The molecule has 1 fully saturated rings. The molecule has 0 aliphatic heterocycles. The van der Waals surface area contributed by atoms with Gasteiger partial charge in [-0.1, -0.05) is 44.9 Å². The average molecular weight is 271 g/mol. The van der Waals surface area contributed by atoms with Crippen LogP contribution in [0.15, 0.2) is 18.2 Å². The fraction of sp³-hybridized carbons (Fsp3) is 0.684. The maximum atomic E-state index is 3.63. The van der Waals surface area contributed by atoms with Crippen LogP contribution in [0.3, 0.4) is 0 Å². The molecule has 2 aliphatic rings. The van der Waals surface area contributed by atoms with Crippen molar-refractivity contribution >= 4 is 0 Å². The molecule has 2 aliphatic carbocycles. The van der Waals surface area contributed by atoms with Gasteiger partial charge in [0, 0.05) is 6.04 Å². The van der Waals surface area contributed by atoms with Crippen LogP contribution in [0.1, 0.15) is 68.7 Å². The summed E-state index contributed by atoms with van der Waals surface area (Å²) in [6, 6.07) is 7.79. The van der Waals surface area contributed by atoms with E-state index in [4.69, 9.17) is 0 Å².